The third-order valence-electron chi connectivity index (χ3n) is 2.71. The number of nitrogens with zero attached hydrogens (tertiary/aromatic N) is 1. The van der Waals surface area contributed by atoms with Gasteiger partial charge in [0.05, 0.1) is 5.69 Å². The smallest absolute Gasteiger partial charge is 0.168 e. The normalized spacial score (nSPS) is 9.90. The van der Waals surface area contributed by atoms with Crippen LogP contribution in [0.15, 0.2) is 48.5 Å². The fourth-order valence-electron chi connectivity index (χ4n) is 1.73. The van der Waals surface area contributed by atoms with E-state index in [1.807, 2.05) is 67.5 Å². The first-order valence-corrected chi connectivity index (χ1v) is 6.58. The molecular weight excluding hydrogens is 270 g/mol. The molecule has 2 aromatic carbocycles. The highest BCUT2D eigenvalue weighted by Gasteiger charge is 2.08. The van der Waals surface area contributed by atoms with Gasteiger partial charge in [-0.2, -0.15) is 0 Å². The quantitative estimate of drug-likeness (QED) is 0.846. The molecule has 0 amide bonds. The van der Waals surface area contributed by atoms with Crippen molar-refractivity contribution >= 4 is 28.7 Å². The number of thiocarbonyl (C=S) groups is 1. The van der Waals surface area contributed by atoms with E-state index >= 15 is 0 Å². The molecule has 0 unspecified atom stereocenters. The van der Waals surface area contributed by atoms with Crippen molar-refractivity contribution in [1.82, 2.24) is 0 Å². The lowest BCUT2D eigenvalue weighted by atomic mass is 10.2. The summed E-state index contributed by atoms with van der Waals surface area (Å²) < 4.78 is 5.85. The zero-order chi connectivity index (χ0) is 14.5. The van der Waals surface area contributed by atoms with E-state index in [0.717, 1.165) is 17.1 Å². The molecule has 3 N–H and O–H groups in total. The van der Waals surface area contributed by atoms with Crippen molar-refractivity contribution in [2.75, 3.05) is 24.3 Å². The predicted molar refractivity (Wildman–Crippen MR) is 87.7 cm³/mol. The molecule has 0 aliphatic heterocycles. The van der Waals surface area contributed by atoms with E-state index in [9.17, 15) is 0 Å². The second-order valence-corrected chi connectivity index (χ2v) is 4.92. The van der Waals surface area contributed by atoms with Crippen molar-refractivity contribution in [3.63, 3.8) is 0 Å². The summed E-state index contributed by atoms with van der Waals surface area (Å²) >= 11 is 4.91. The first-order chi connectivity index (χ1) is 9.56. The van der Waals surface area contributed by atoms with Gasteiger partial charge in [0.2, 0.25) is 0 Å². The molecule has 0 atom stereocenters. The van der Waals surface area contributed by atoms with Gasteiger partial charge < -0.3 is 20.7 Å². The van der Waals surface area contributed by atoms with Crippen molar-refractivity contribution in [2.24, 2.45) is 5.73 Å². The number of hydrogen-bond donors (Lipinski definition) is 2. The molecule has 0 saturated heterocycles. The molecule has 2 rings (SSSR count). The molecule has 4 nitrogen and oxygen atoms in total. The van der Waals surface area contributed by atoms with Crippen LogP contribution in [0.3, 0.4) is 0 Å². The van der Waals surface area contributed by atoms with Crippen LogP contribution >= 0.6 is 12.2 Å². The Labute approximate surface area is 124 Å². The number of anilines is 2. The molecule has 20 heavy (non-hydrogen) atoms. The lowest BCUT2D eigenvalue weighted by Crippen LogP contribution is -2.19. The zero-order valence-electron chi connectivity index (χ0n) is 11.5. The van der Waals surface area contributed by atoms with Crippen LogP contribution in [-0.4, -0.2) is 19.2 Å². The summed E-state index contributed by atoms with van der Waals surface area (Å²) in [7, 11) is 3.94. The SMILES string of the molecule is CN(C)c1ccc(Oc2ccccc2)c(NC(N)=S)c1. The topological polar surface area (TPSA) is 50.5 Å². The van der Waals surface area contributed by atoms with Crippen LogP contribution in [0.4, 0.5) is 11.4 Å². The molecule has 2 aromatic rings. The minimum Gasteiger partial charge on any atom is -0.455 e. The fourth-order valence-corrected chi connectivity index (χ4v) is 1.84. The van der Waals surface area contributed by atoms with E-state index in [4.69, 9.17) is 22.7 Å². The van der Waals surface area contributed by atoms with Gasteiger partial charge >= 0.3 is 0 Å². The molecule has 0 saturated carbocycles. The van der Waals surface area contributed by atoms with Crippen molar-refractivity contribution < 1.29 is 4.74 Å². The Balaban J connectivity index is 2.33. The molecule has 0 aromatic heterocycles. The number of ether oxygens (including phenoxy) is 1. The maximum Gasteiger partial charge on any atom is 0.168 e. The molecule has 0 radical (unpaired) electrons. The van der Waals surface area contributed by atoms with Crippen molar-refractivity contribution in [3.05, 3.63) is 48.5 Å². The molecule has 104 valence electrons. The van der Waals surface area contributed by atoms with Crippen LogP contribution in [0.5, 0.6) is 11.5 Å². The monoisotopic (exact) mass is 287 g/mol. The molecule has 0 heterocycles. The van der Waals surface area contributed by atoms with Gasteiger partial charge in [-0.15, -0.1) is 0 Å². The van der Waals surface area contributed by atoms with E-state index in [1.165, 1.54) is 0 Å². The van der Waals surface area contributed by atoms with Gasteiger partial charge in [0.15, 0.2) is 10.9 Å². The van der Waals surface area contributed by atoms with Gasteiger partial charge in [0.25, 0.3) is 0 Å². The summed E-state index contributed by atoms with van der Waals surface area (Å²) in [5, 5.41) is 3.15. The first kappa shape index (κ1) is 14.1. The third kappa shape index (κ3) is 3.61. The Bertz CT molecular complexity index is 599. The Morgan fingerprint density at radius 3 is 2.45 bits per heavy atom. The Morgan fingerprint density at radius 1 is 1.15 bits per heavy atom. The summed E-state index contributed by atoms with van der Waals surface area (Å²) in [6.07, 6.45) is 0. The van der Waals surface area contributed by atoms with Gasteiger partial charge in [-0.25, -0.2) is 0 Å². The molecule has 0 aliphatic carbocycles. The second kappa shape index (κ2) is 6.25. The Kier molecular flexibility index (Phi) is 4.42. The van der Waals surface area contributed by atoms with Crippen LogP contribution < -0.4 is 20.7 Å². The average Bonchev–Trinajstić information content (AvgIpc) is 2.41. The van der Waals surface area contributed by atoms with Crippen molar-refractivity contribution in [3.8, 4) is 11.5 Å². The van der Waals surface area contributed by atoms with Gasteiger partial charge in [-0.1, -0.05) is 18.2 Å². The summed E-state index contributed by atoms with van der Waals surface area (Å²) in [5.74, 6) is 1.44. The molecule has 0 spiro atoms. The number of benzene rings is 2. The minimum absolute atomic E-state index is 0.207. The average molecular weight is 287 g/mol. The highest BCUT2D eigenvalue weighted by atomic mass is 32.1. The molecule has 5 heteroatoms. The largest absolute Gasteiger partial charge is 0.455 e. The van der Waals surface area contributed by atoms with Crippen LogP contribution in [0.2, 0.25) is 0 Å². The summed E-state index contributed by atoms with van der Waals surface area (Å²) in [4.78, 5) is 2.00. The highest BCUT2D eigenvalue weighted by molar-refractivity contribution is 7.80. The lowest BCUT2D eigenvalue weighted by molar-refractivity contribution is 0.485. The maximum atomic E-state index is 5.85. The van der Waals surface area contributed by atoms with Crippen molar-refractivity contribution in [2.45, 2.75) is 0 Å². The van der Waals surface area contributed by atoms with Crippen LogP contribution in [0.25, 0.3) is 0 Å². The van der Waals surface area contributed by atoms with Gasteiger partial charge in [-0.3, -0.25) is 0 Å². The van der Waals surface area contributed by atoms with E-state index < -0.39 is 0 Å². The van der Waals surface area contributed by atoms with E-state index in [0.29, 0.717) is 5.75 Å². The third-order valence-corrected chi connectivity index (χ3v) is 2.81. The molecular formula is C15H17N3OS. The minimum atomic E-state index is 0.207. The van der Waals surface area contributed by atoms with Crippen LogP contribution in [0.1, 0.15) is 0 Å². The van der Waals surface area contributed by atoms with Crippen molar-refractivity contribution in [1.29, 1.82) is 0 Å². The molecule has 0 fully saturated rings. The predicted octanol–water partition coefficient (Wildman–Crippen LogP) is 3.20. The second-order valence-electron chi connectivity index (χ2n) is 4.48. The Hall–Kier alpha value is -2.27. The van der Waals surface area contributed by atoms with E-state index in [2.05, 4.69) is 5.32 Å². The molecule has 0 bridgehead atoms. The van der Waals surface area contributed by atoms with E-state index in [1.54, 1.807) is 0 Å². The van der Waals surface area contributed by atoms with E-state index in [-0.39, 0.29) is 5.11 Å². The number of nitrogens with two attached hydrogens (primary N) is 1. The first-order valence-electron chi connectivity index (χ1n) is 6.17. The van der Waals surface area contributed by atoms with Crippen LogP contribution in [0, 0.1) is 0 Å². The number of nitrogens with one attached hydrogen (secondary N) is 1. The summed E-state index contributed by atoms with van der Waals surface area (Å²) in [6.45, 7) is 0. The standard InChI is InChI=1S/C15H17N3OS/c1-18(2)11-8-9-14(13(10-11)17-15(16)20)19-12-6-4-3-5-7-12/h3-10H,1-2H3,(H3,16,17,20). The zero-order valence-corrected chi connectivity index (χ0v) is 12.3. The van der Waals surface area contributed by atoms with Gasteiger partial charge in [-0.05, 0) is 42.5 Å². The fraction of sp³-hybridized carbons (Fsp3) is 0.133. The maximum absolute atomic E-state index is 5.85. The molecule has 0 aliphatic rings. The van der Waals surface area contributed by atoms with Gasteiger partial charge in [0, 0.05) is 19.8 Å². The summed E-state index contributed by atoms with van der Waals surface area (Å²) in [6, 6.07) is 15.4. The lowest BCUT2D eigenvalue weighted by Gasteiger charge is -2.17. The Morgan fingerprint density at radius 2 is 1.85 bits per heavy atom. The van der Waals surface area contributed by atoms with Gasteiger partial charge in [0.1, 0.15) is 5.75 Å². The highest BCUT2D eigenvalue weighted by Crippen LogP contribution is 2.32. The van der Waals surface area contributed by atoms with Crippen LogP contribution in [-0.2, 0) is 0 Å². The summed E-state index contributed by atoms with van der Waals surface area (Å²) in [5.41, 5.74) is 7.34. The number of rotatable bonds is 4. The number of hydrogen-bond acceptors (Lipinski definition) is 3. The number of para-hydroxylation sites is 1.